The van der Waals surface area contributed by atoms with Crippen LogP contribution in [-0.4, -0.2) is 24.9 Å². The van der Waals surface area contributed by atoms with Gasteiger partial charge in [0, 0.05) is 28.8 Å². The van der Waals surface area contributed by atoms with Crippen molar-refractivity contribution in [2.75, 3.05) is 12.4 Å². The normalized spacial score (nSPS) is 19.4. The molecule has 1 aliphatic rings. The van der Waals surface area contributed by atoms with Crippen LogP contribution in [0, 0.1) is 0 Å². The van der Waals surface area contributed by atoms with Crippen molar-refractivity contribution in [2.45, 2.75) is 18.5 Å². The maximum absolute atomic E-state index is 12.4. The fraction of sp³-hybridized carbons (Fsp3) is 0.222. The maximum Gasteiger partial charge on any atom is 0.251 e. The quantitative estimate of drug-likeness (QED) is 0.632. The summed E-state index contributed by atoms with van der Waals surface area (Å²) < 4.78 is 1.02. The minimum Gasteiger partial charge on any atom is -0.355 e. The van der Waals surface area contributed by atoms with E-state index in [-0.39, 0.29) is 23.9 Å². The molecule has 1 fully saturated rings. The SMILES string of the molecule is CNC(=O)c1ccc(NC(=O)C2CC(c3ccc(Br)cc3)NN2)cc1. The third kappa shape index (κ3) is 4.25. The third-order valence-corrected chi connectivity index (χ3v) is 4.66. The van der Waals surface area contributed by atoms with Gasteiger partial charge in [-0.3, -0.25) is 9.59 Å². The van der Waals surface area contributed by atoms with Crippen molar-refractivity contribution >= 4 is 33.4 Å². The molecule has 0 bridgehead atoms. The number of hydrazine groups is 1. The van der Waals surface area contributed by atoms with Crippen LogP contribution in [0.5, 0.6) is 0 Å². The van der Waals surface area contributed by atoms with Crippen LogP contribution < -0.4 is 21.5 Å². The second-order valence-electron chi connectivity index (χ2n) is 5.83. The van der Waals surface area contributed by atoms with Crippen LogP contribution in [0.15, 0.2) is 53.0 Å². The first-order valence-corrected chi connectivity index (χ1v) is 8.75. The molecule has 2 aromatic carbocycles. The lowest BCUT2D eigenvalue weighted by molar-refractivity contribution is -0.117. The van der Waals surface area contributed by atoms with Crippen molar-refractivity contribution in [1.82, 2.24) is 16.2 Å². The van der Waals surface area contributed by atoms with Gasteiger partial charge in [-0.25, -0.2) is 10.9 Å². The highest BCUT2D eigenvalue weighted by molar-refractivity contribution is 9.10. The van der Waals surface area contributed by atoms with Gasteiger partial charge in [0.2, 0.25) is 5.91 Å². The van der Waals surface area contributed by atoms with Gasteiger partial charge in [-0.15, -0.1) is 0 Å². The molecular formula is C18H19BrN4O2. The molecule has 0 aliphatic carbocycles. The summed E-state index contributed by atoms with van der Waals surface area (Å²) in [6, 6.07) is 14.6. The Morgan fingerprint density at radius 3 is 2.36 bits per heavy atom. The molecule has 0 saturated carbocycles. The summed E-state index contributed by atoms with van der Waals surface area (Å²) in [6.07, 6.45) is 0.657. The number of rotatable bonds is 4. The van der Waals surface area contributed by atoms with Crippen molar-refractivity contribution in [3.8, 4) is 0 Å². The predicted octanol–water partition coefficient (Wildman–Crippen LogP) is 2.36. The fourth-order valence-electron chi connectivity index (χ4n) is 2.72. The van der Waals surface area contributed by atoms with Gasteiger partial charge in [0.15, 0.2) is 0 Å². The molecule has 1 saturated heterocycles. The van der Waals surface area contributed by atoms with Crippen LogP contribution in [0.25, 0.3) is 0 Å². The minimum absolute atomic E-state index is 0.0828. The van der Waals surface area contributed by atoms with E-state index in [1.54, 1.807) is 31.3 Å². The largest absolute Gasteiger partial charge is 0.355 e. The standard InChI is InChI=1S/C18H19BrN4O2/c1-20-17(24)12-4-8-14(9-5-12)21-18(25)16-10-15(22-23-16)11-2-6-13(19)7-3-11/h2-9,15-16,22-23H,10H2,1H3,(H,20,24)(H,21,25). The molecule has 7 heteroatoms. The molecule has 1 heterocycles. The second kappa shape index (κ2) is 7.77. The zero-order chi connectivity index (χ0) is 17.8. The van der Waals surface area contributed by atoms with Crippen molar-refractivity contribution < 1.29 is 9.59 Å². The predicted molar refractivity (Wildman–Crippen MR) is 100 cm³/mol. The maximum atomic E-state index is 12.4. The number of nitrogens with one attached hydrogen (secondary N) is 4. The molecule has 2 unspecified atom stereocenters. The van der Waals surface area contributed by atoms with E-state index in [0.717, 1.165) is 10.0 Å². The molecular weight excluding hydrogens is 384 g/mol. The Bertz CT molecular complexity index is 762. The van der Waals surface area contributed by atoms with Gasteiger partial charge < -0.3 is 10.6 Å². The first-order chi connectivity index (χ1) is 12.1. The number of carbonyl (C=O) groups is 2. The first kappa shape index (κ1) is 17.6. The number of amides is 2. The van der Waals surface area contributed by atoms with E-state index in [0.29, 0.717) is 17.7 Å². The van der Waals surface area contributed by atoms with Crippen LogP contribution in [0.1, 0.15) is 28.4 Å². The third-order valence-electron chi connectivity index (χ3n) is 4.13. The van der Waals surface area contributed by atoms with Gasteiger partial charge in [0.05, 0.1) is 0 Å². The van der Waals surface area contributed by atoms with E-state index in [2.05, 4.69) is 37.4 Å². The van der Waals surface area contributed by atoms with Gasteiger partial charge in [-0.1, -0.05) is 28.1 Å². The van der Waals surface area contributed by atoms with Crippen LogP contribution in [-0.2, 0) is 4.79 Å². The van der Waals surface area contributed by atoms with Crippen LogP contribution in [0.2, 0.25) is 0 Å². The highest BCUT2D eigenvalue weighted by atomic mass is 79.9. The first-order valence-electron chi connectivity index (χ1n) is 7.96. The summed E-state index contributed by atoms with van der Waals surface area (Å²) >= 11 is 3.42. The smallest absolute Gasteiger partial charge is 0.251 e. The van der Waals surface area contributed by atoms with Crippen molar-refractivity contribution in [1.29, 1.82) is 0 Å². The fourth-order valence-corrected chi connectivity index (χ4v) is 2.98. The van der Waals surface area contributed by atoms with Crippen molar-refractivity contribution in [3.63, 3.8) is 0 Å². The van der Waals surface area contributed by atoms with Gasteiger partial charge in [-0.05, 0) is 48.4 Å². The molecule has 2 aromatic rings. The second-order valence-corrected chi connectivity index (χ2v) is 6.74. The number of halogens is 1. The molecule has 1 aliphatic heterocycles. The summed E-state index contributed by atoms with van der Waals surface area (Å²) in [6.45, 7) is 0. The van der Waals surface area contributed by atoms with Crippen LogP contribution >= 0.6 is 15.9 Å². The van der Waals surface area contributed by atoms with E-state index in [4.69, 9.17) is 0 Å². The molecule has 0 radical (unpaired) electrons. The van der Waals surface area contributed by atoms with E-state index < -0.39 is 0 Å². The number of hydrogen-bond donors (Lipinski definition) is 4. The highest BCUT2D eigenvalue weighted by Crippen LogP contribution is 2.24. The highest BCUT2D eigenvalue weighted by Gasteiger charge is 2.30. The Labute approximate surface area is 154 Å². The number of anilines is 1. The van der Waals surface area contributed by atoms with E-state index >= 15 is 0 Å². The van der Waals surface area contributed by atoms with Gasteiger partial charge in [-0.2, -0.15) is 0 Å². The van der Waals surface area contributed by atoms with E-state index in [1.807, 2.05) is 24.3 Å². The molecule has 4 N–H and O–H groups in total. The molecule has 2 atom stereocenters. The molecule has 0 aromatic heterocycles. The van der Waals surface area contributed by atoms with Crippen LogP contribution in [0.3, 0.4) is 0 Å². The lowest BCUT2D eigenvalue weighted by Gasteiger charge is -2.11. The summed E-state index contributed by atoms with van der Waals surface area (Å²) in [4.78, 5) is 23.9. The Kier molecular flexibility index (Phi) is 5.47. The summed E-state index contributed by atoms with van der Waals surface area (Å²) in [5.41, 5.74) is 8.54. The van der Waals surface area contributed by atoms with Gasteiger partial charge in [0.25, 0.3) is 5.91 Å². The molecule has 3 rings (SSSR count). The Morgan fingerprint density at radius 2 is 1.72 bits per heavy atom. The molecule has 25 heavy (non-hydrogen) atoms. The summed E-state index contributed by atoms with van der Waals surface area (Å²) in [5.74, 6) is -0.267. The Balaban J connectivity index is 1.59. The zero-order valence-electron chi connectivity index (χ0n) is 13.7. The Morgan fingerprint density at radius 1 is 1.04 bits per heavy atom. The van der Waals surface area contributed by atoms with Gasteiger partial charge >= 0.3 is 0 Å². The lowest BCUT2D eigenvalue weighted by atomic mass is 10.0. The molecule has 130 valence electrons. The number of benzene rings is 2. The zero-order valence-corrected chi connectivity index (χ0v) is 15.3. The average molecular weight is 403 g/mol. The number of hydrogen-bond acceptors (Lipinski definition) is 4. The molecule has 2 amide bonds. The lowest BCUT2D eigenvalue weighted by Crippen LogP contribution is -2.39. The van der Waals surface area contributed by atoms with Gasteiger partial charge in [0.1, 0.15) is 6.04 Å². The van der Waals surface area contributed by atoms with Crippen molar-refractivity contribution in [3.05, 3.63) is 64.1 Å². The average Bonchev–Trinajstić information content (AvgIpc) is 3.12. The van der Waals surface area contributed by atoms with Crippen molar-refractivity contribution in [2.24, 2.45) is 0 Å². The molecule has 6 nitrogen and oxygen atoms in total. The van der Waals surface area contributed by atoms with E-state index in [1.165, 1.54) is 0 Å². The Hall–Kier alpha value is -2.22. The minimum atomic E-state index is -0.327. The monoisotopic (exact) mass is 402 g/mol. The molecule has 0 spiro atoms. The summed E-state index contributed by atoms with van der Waals surface area (Å²) in [7, 11) is 1.58. The van der Waals surface area contributed by atoms with Crippen LogP contribution in [0.4, 0.5) is 5.69 Å². The summed E-state index contributed by atoms with van der Waals surface area (Å²) in [5, 5.41) is 5.43. The number of carbonyl (C=O) groups excluding carboxylic acids is 2. The van der Waals surface area contributed by atoms with E-state index in [9.17, 15) is 9.59 Å². The topological polar surface area (TPSA) is 82.3 Å².